The van der Waals surface area contributed by atoms with Crippen LogP contribution in [-0.4, -0.2) is 40.2 Å². The zero-order valence-electron chi connectivity index (χ0n) is 6.67. The van der Waals surface area contributed by atoms with E-state index in [2.05, 4.69) is 5.32 Å². The van der Waals surface area contributed by atoms with Gasteiger partial charge in [0.25, 0.3) is 0 Å². The van der Waals surface area contributed by atoms with Gasteiger partial charge in [-0.3, -0.25) is 14.4 Å². The summed E-state index contributed by atoms with van der Waals surface area (Å²) in [6.07, 6.45) is -1.25. The van der Waals surface area contributed by atoms with E-state index in [0.29, 0.717) is 0 Å². The SMILES string of the molecule is CC(O)NC(C)O.O=S(=O)(O)O. The highest BCUT2D eigenvalue weighted by molar-refractivity contribution is 7.79. The van der Waals surface area contributed by atoms with Crippen LogP contribution >= 0.6 is 0 Å². The molecule has 0 aliphatic carbocycles. The molecule has 0 bridgehead atoms. The number of hydrogen-bond acceptors (Lipinski definition) is 5. The lowest BCUT2D eigenvalue weighted by Crippen LogP contribution is -2.33. The van der Waals surface area contributed by atoms with Crippen LogP contribution < -0.4 is 5.32 Å². The molecule has 0 amide bonds. The second-order valence-electron chi connectivity index (χ2n) is 1.97. The van der Waals surface area contributed by atoms with Gasteiger partial charge in [-0.1, -0.05) is 0 Å². The van der Waals surface area contributed by atoms with Crippen LogP contribution in [0.2, 0.25) is 0 Å². The van der Waals surface area contributed by atoms with Gasteiger partial charge in [-0.25, -0.2) is 0 Å². The monoisotopic (exact) mass is 203 g/mol. The van der Waals surface area contributed by atoms with Gasteiger partial charge in [-0.2, -0.15) is 8.42 Å². The maximum absolute atomic E-state index is 8.74. The van der Waals surface area contributed by atoms with E-state index in [4.69, 9.17) is 27.7 Å². The first kappa shape index (κ1) is 14.3. The van der Waals surface area contributed by atoms with Gasteiger partial charge in [-0.15, -0.1) is 0 Å². The Balaban J connectivity index is 0. The molecule has 2 atom stereocenters. The Morgan fingerprint density at radius 1 is 1.08 bits per heavy atom. The summed E-state index contributed by atoms with van der Waals surface area (Å²) >= 11 is 0. The fourth-order valence-corrected chi connectivity index (χ4v) is 0.349. The molecular weight excluding hydrogens is 190 g/mol. The highest BCUT2D eigenvalue weighted by Crippen LogP contribution is 1.74. The summed E-state index contributed by atoms with van der Waals surface area (Å²) in [5.41, 5.74) is 0. The molecule has 0 fully saturated rings. The van der Waals surface area contributed by atoms with Gasteiger partial charge >= 0.3 is 10.4 Å². The number of nitrogens with one attached hydrogen (secondary N) is 1. The molecule has 0 heterocycles. The van der Waals surface area contributed by atoms with Crippen molar-refractivity contribution in [2.24, 2.45) is 0 Å². The molecule has 76 valence electrons. The number of aliphatic hydroxyl groups is 2. The Labute approximate surface area is 70.6 Å². The Kier molecular flexibility index (Phi) is 7.48. The molecule has 0 saturated carbocycles. The molecule has 0 radical (unpaired) electrons. The van der Waals surface area contributed by atoms with Crippen LogP contribution in [0, 0.1) is 0 Å². The highest BCUT2D eigenvalue weighted by Gasteiger charge is 1.95. The molecule has 0 aromatic carbocycles. The topological polar surface area (TPSA) is 127 Å². The van der Waals surface area contributed by atoms with Crippen molar-refractivity contribution < 1.29 is 27.7 Å². The molecule has 7 nitrogen and oxygen atoms in total. The van der Waals surface area contributed by atoms with Crippen molar-refractivity contribution >= 4 is 10.4 Å². The van der Waals surface area contributed by atoms with Gasteiger partial charge in [0.1, 0.15) is 12.5 Å². The first-order chi connectivity index (χ1) is 5.13. The van der Waals surface area contributed by atoms with Gasteiger partial charge in [0.2, 0.25) is 0 Å². The van der Waals surface area contributed by atoms with Gasteiger partial charge in [0.05, 0.1) is 0 Å². The lowest BCUT2D eigenvalue weighted by Gasteiger charge is -2.08. The third-order valence-corrected chi connectivity index (χ3v) is 0.482. The van der Waals surface area contributed by atoms with Crippen LogP contribution in [0.15, 0.2) is 0 Å². The lowest BCUT2D eigenvalue weighted by molar-refractivity contribution is 0.0632. The van der Waals surface area contributed by atoms with Crippen LogP contribution in [0.1, 0.15) is 13.8 Å². The van der Waals surface area contributed by atoms with E-state index < -0.39 is 22.9 Å². The first-order valence-electron chi connectivity index (χ1n) is 2.95. The van der Waals surface area contributed by atoms with Crippen molar-refractivity contribution in [3.63, 3.8) is 0 Å². The Hall–Kier alpha value is -0.250. The zero-order chi connectivity index (χ0) is 10.4. The van der Waals surface area contributed by atoms with Crippen LogP contribution in [0.4, 0.5) is 0 Å². The van der Waals surface area contributed by atoms with Gasteiger partial charge < -0.3 is 10.2 Å². The molecule has 2 unspecified atom stereocenters. The van der Waals surface area contributed by atoms with E-state index >= 15 is 0 Å². The summed E-state index contributed by atoms with van der Waals surface area (Å²) in [7, 11) is -4.67. The molecule has 0 spiro atoms. The standard InChI is InChI=1S/C4H11NO2.H2O4S/c1-3(6)5-4(2)7;1-5(2,3)4/h3-7H,1-2H3;(H2,1,2,3,4). The van der Waals surface area contributed by atoms with Crippen molar-refractivity contribution in [1.29, 1.82) is 0 Å². The Bertz CT molecular complexity index is 172. The highest BCUT2D eigenvalue weighted by atomic mass is 32.3. The van der Waals surface area contributed by atoms with Crippen molar-refractivity contribution in [3.05, 3.63) is 0 Å². The minimum atomic E-state index is -4.67. The van der Waals surface area contributed by atoms with E-state index in [1.54, 1.807) is 13.8 Å². The first-order valence-corrected chi connectivity index (χ1v) is 4.34. The maximum Gasteiger partial charge on any atom is 0.394 e. The Morgan fingerprint density at radius 2 is 1.25 bits per heavy atom. The van der Waals surface area contributed by atoms with Crippen LogP contribution in [0.5, 0.6) is 0 Å². The van der Waals surface area contributed by atoms with E-state index in [1.165, 1.54) is 0 Å². The lowest BCUT2D eigenvalue weighted by atomic mass is 10.6. The molecule has 5 N–H and O–H groups in total. The second-order valence-corrected chi connectivity index (χ2v) is 2.86. The van der Waals surface area contributed by atoms with E-state index in [9.17, 15) is 0 Å². The summed E-state index contributed by atoms with van der Waals surface area (Å²) in [6, 6.07) is 0. The molecule has 0 aliphatic heterocycles. The third-order valence-electron chi connectivity index (χ3n) is 0.482. The number of aliphatic hydroxyl groups excluding tert-OH is 2. The maximum atomic E-state index is 8.74. The predicted octanol–water partition coefficient (Wildman–Crippen LogP) is -1.40. The number of hydrogen-bond donors (Lipinski definition) is 5. The zero-order valence-corrected chi connectivity index (χ0v) is 7.48. The van der Waals surface area contributed by atoms with Crippen molar-refractivity contribution in [2.45, 2.75) is 26.3 Å². The summed E-state index contributed by atoms with van der Waals surface area (Å²) in [4.78, 5) is 0. The van der Waals surface area contributed by atoms with Crippen molar-refractivity contribution in [2.75, 3.05) is 0 Å². The molecule has 0 saturated heterocycles. The quantitative estimate of drug-likeness (QED) is 0.276. The van der Waals surface area contributed by atoms with Gasteiger partial charge in [0.15, 0.2) is 0 Å². The second kappa shape index (κ2) is 6.29. The average molecular weight is 203 g/mol. The molecule has 8 heteroatoms. The molecule has 0 aromatic heterocycles. The van der Waals surface area contributed by atoms with Crippen LogP contribution in [0.3, 0.4) is 0 Å². The minimum Gasteiger partial charge on any atom is -0.379 e. The van der Waals surface area contributed by atoms with E-state index in [-0.39, 0.29) is 0 Å². The largest absolute Gasteiger partial charge is 0.394 e. The molecule has 0 aliphatic rings. The third kappa shape index (κ3) is 53.1. The summed E-state index contributed by atoms with van der Waals surface area (Å²) in [6.45, 7) is 3.10. The summed E-state index contributed by atoms with van der Waals surface area (Å²) in [5, 5.41) is 19.3. The molecule has 0 aromatic rings. The normalized spacial score (nSPS) is 15.8. The smallest absolute Gasteiger partial charge is 0.379 e. The van der Waals surface area contributed by atoms with Crippen LogP contribution in [0.25, 0.3) is 0 Å². The van der Waals surface area contributed by atoms with E-state index in [0.717, 1.165) is 0 Å². The average Bonchev–Trinajstić information content (AvgIpc) is 1.52. The minimum absolute atomic E-state index is 0.625. The van der Waals surface area contributed by atoms with E-state index in [1.807, 2.05) is 0 Å². The van der Waals surface area contributed by atoms with Gasteiger partial charge in [-0.05, 0) is 13.8 Å². The summed E-state index contributed by atoms with van der Waals surface area (Å²) < 4.78 is 31.6. The number of rotatable bonds is 2. The molecular formula is C4H13NO6S. The predicted molar refractivity (Wildman–Crippen MR) is 40.7 cm³/mol. The fraction of sp³-hybridized carbons (Fsp3) is 1.00. The molecule has 12 heavy (non-hydrogen) atoms. The Morgan fingerprint density at radius 3 is 1.25 bits per heavy atom. The van der Waals surface area contributed by atoms with Crippen molar-refractivity contribution in [3.8, 4) is 0 Å². The fourth-order valence-electron chi connectivity index (χ4n) is 0.349. The molecule has 0 rings (SSSR count). The van der Waals surface area contributed by atoms with Gasteiger partial charge in [0, 0.05) is 0 Å². The summed E-state index contributed by atoms with van der Waals surface area (Å²) in [5.74, 6) is 0. The van der Waals surface area contributed by atoms with Crippen LogP contribution in [-0.2, 0) is 10.4 Å². The van der Waals surface area contributed by atoms with Crippen molar-refractivity contribution in [1.82, 2.24) is 5.32 Å².